The first-order valence-corrected chi connectivity index (χ1v) is 4.48. The number of allylic oxidation sites excluding steroid dienone is 4. The smallest absolute Gasteiger partial charge is 0.152 e. The van der Waals surface area contributed by atoms with Crippen LogP contribution in [0.3, 0.4) is 0 Å². The van der Waals surface area contributed by atoms with Crippen LogP contribution in [0.4, 0.5) is 0 Å². The normalized spacial score (nSPS) is 27.4. The molecule has 0 amide bonds. The lowest BCUT2D eigenvalue weighted by Crippen LogP contribution is -2.07. The lowest BCUT2D eigenvalue weighted by atomic mass is 10.1. The molecule has 0 bridgehead atoms. The van der Waals surface area contributed by atoms with Crippen LogP contribution >= 0.6 is 22.6 Å². The van der Waals surface area contributed by atoms with E-state index in [4.69, 9.17) is 5.73 Å². The first kappa shape index (κ1) is 7.02. The topological polar surface area (TPSA) is 50.7 Å². The van der Waals surface area contributed by atoms with Crippen LogP contribution in [0.25, 0.3) is 0 Å². The highest BCUT2D eigenvalue weighted by Gasteiger charge is 2.22. The number of hydrogen-bond donors (Lipinski definition) is 1. The molecule has 1 atom stereocenters. The van der Waals surface area contributed by atoms with E-state index in [-0.39, 0.29) is 0 Å². The van der Waals surface area contributed by atoms with Gasteiger partial charge in [0.1, 0.15) is 0 Å². The summed E-state index contributed by atoms with van der Waals surface area (Å²) in [6.45, 7) is 0. The Labute approximate surface area is 77.9 Å². The van der Waals surface area contributed by atoms with E-state index in [9.17, 15) is 0 Å². The number of hydrogen-bond acceptors (Lipinski definition) is 3. The van der Waals surface area contributed by atoms with Crippen molar-refractivity contribution in [3.05, 3.63) is 35.3 Å². The Kier molecular flexibility index (Phi) is 1.56. The molecule has 3 nitrogen and oxygen atoms in total. The maximum Gasteiger partial charge on any atom is 0.152 e. The molecule has 0 aromatic rings. The number of rotatable bonds is 0. The predicted molar refractivity (Wildman–Crippen MR) is 51.1 cm³/mol. The van der Waals surface area contributed by atoms with E-state index in [1.807, 2.05) is 12.2 Å². The van der Waals surface area contributed by atoms with E-state index in [2.05, 4.69) is 38.9 Å². The molecule has 56 valence electrons. The molecular weight excluding hydrogens is 253 g/mol. The number of nitrogens with zero attached hydrogens (tertiary/aromatic N) is 2. The van der Waals surface area contributed by atoms with Gasteiger partial charge in [-0.3, -0.25) is 0 Å². The van der Waals surface area contributed by atoms with Gasteiger partial charge in [0.25, 0.3) is 0 Å². The molecule has 2 rings (SSSR count). The zero-order valence-electron chi connectivity index (χ0n) is 5.66. The summed E-state index contributed by atoms with van der Waals surface area (Å²) in [4.78, 5) is 0. The SMILES string of the molecule is NC1=C2C(=CC=C[C@@H]2I)N=N1. The highest BCUT2D eigenvalue weighted by atomic mass is 127. The lowest BCUT2D eigenvalue weighted by Gasteiger charge is -2.09. The molecule has 0 radical (unpaired) electrons. The third-order valence-electron chi connectivity index (χ3n) is 1.63. The molecule has 2 aliphatic rings. The first-order valence-electron chi connectivity index (χ1n) is 3.23. The minimum Gasteiger partial charge on any atom is -0.382 e. The molecule has 0 aromatic carbocycles. The van der Waals surface area contributed by atoms with Gasteiger partial charge in [0.05, 0.1) is 9.62 Å². The van der Waals surface area contributed by atoms with Crippen LogP contribution in [0.15, 0.2) is 45.5 Å². The van der Waals surface area contributed by atoms with Gasteiger partial charge in [0, 0.05) is 5.57 Å². The molecule has 0 fully saturated rings. The van der Waals surface area contributed by atoms with Gasteiger partial charge in [0.2, 0.25) is 0 Å². The number of alkyl halides is 1. The molecule has 0 saturated carbocycles. The molecule has 4 heteroatoms. The molecule has 2 N–H and O–H groups in total. The maximum atomic E-state index is 5.62. The summed E-state index contributed by atoms with van der Waals surface area (Å²) in [5, 5.41) is 7.72. The third-order valence-corrected chi connectivity index (χ3v) is 2.67. The monoisotopic (exact) mass is 259 g/mol. The van der Waals surface area contributed by atoms with E-state index in [0.29, 0.717) is 9.75 Å². The maximum absolute atomic E-state index is 5.62. The standard InChI is InChI=1S/C7H6IN3/c8-4-2-1-3-5-6(4)7(9)11-10-5/h1-4H,9H2/t4-/m0/s1. The van der Waals surface area contributed by atoms with Crippen LogP contribution in [0.1, 0.15) is 0 Å². The van der Waals surface area contributed by atoms with Gasteiger partial charge in [-0.25, -0.2) is 0 Å². The van der Waals surface area contributed by atoms with Gasteiger partial charge in [-0.05, 0) is 6.08 Å². The Balaban J connectivity index is 2.52. The lowest BCUT2D eigenvalue weighted by molar-refractivity contribution is 1.14. The second-order valence-electron chi connectivity index (χ2n) is 2.34. The summed E-state index contributed by atoms with van der Waals surface area (Å²) in [6.07, 6.45) is 5.98. The van der Waals surface area contributed by atoms with Gasteiger partial charge >= 0.3 is 0 Å². The van der Waals surface area contributed by atoms with Gasteiger partial charge < -0.3 is 5.73 Å². The Morgan fingerprint density at radius 1 is 1.45 bits per heavy atom. The first-order chi connectivity index (χ1) is 5.29. The highest BCUT2D eigenvalue weighted by molar-refractivity contribution is 14.1. The molecule has 0 aromatic heterocycles. The van der Waals surface area contributed by atoms with Crippen LogP contribution in [-0.4, -0.2) is 3.92 Å². The Hall–Kier alpha value is -0.650. The fraction of sp³-hybridized carbons (Fsp3) is 0.143. The Bertz CT molecular complexity index is 312. The van der Waals surface area contributed by atoms with Crippen molar-refractivity contribution in [1.82, 2.24) is 0 Å². The van der Waals surface area contributed by atoms with Crippen LogP contribution < -0.4 is 5.73 Å². The van der Waals surface area contributed by atoms with Crippen molar-refractivity contribution in [2.75, 3.05) is 0 Å². The number of nitrogens with two attached hydrogens (primary N) is 1. The summed E-state index contributed by atoms with van der Waals surface area (Å²) in [5.74, 6) is 0.556. The molecular formula is C7H6IN3. The van der Waals surface area contributed by atoms with Crippen molar-refractivity contribution in [2.24, 2.45) is 16.0 Å². The summed E-state index contributed by atoms with van der Waals surface area (Å²) in [7, 11) is 0. The molecule has 1 aliphatic heterocycles. The second-order valence-corrected chi connectivity index (χ2v) is 3.68. The molecule has 11 heavy (non-hydrogen) atoms. The van der Waals surface area contributed by atoms with Crippen LogP contribution in [0.2, 0.25) is 0 Å². The molecule has 0 unspecified atom stereocenters. The van der Waals surface area contributed by atoms with E-state index in [0.717, 1.165) is 11.3 Å². The van der Waals surface area contributed by atoms with Gasteiger partial charge in [-0.1, -0.05) is 34.7 Å². The van der Waals surface area contributed by atoms with Gasteiger partial charge in [-0.2, -0.15) is 0 Å². The van der Waals surface area contributed by atoms with Crippen molar-refractivity contribution >= 4 is 22.6 Å². The largest absolute Gasteiger partial charge is 0.382 e. The average molecular weight is 259 g/mol. The zero-order chi connectivity index (χ0) is 7.84. The van der Waals surface area contributed by atoms with E-state index >= 15 is 0 Å². The number of halogens is 1. The summed E-state index contributed by atoms with van der Waals surface area (Å²) in [5.41, 5.74) is 7.58. The summed E-state index contributed by atoms with van der Waals surface area (Å²) >= 11 is 2.30. The highest BCUT2D eigenvalue weighted by Crippen LogP contribution is 2.32. The third kappa shape index (κ3) is 1.01. The fourth-order valence-corrected chi connectivity index (χ4v) is 1.97. The van der Waals surface area contributed by atoms with Crippen molar-refractivity contribution in [1.29, 1.82) is 0 Å². The van der Waals surface area contributed by atoms with Crippen LogP contribution in [0, 0.1) is 0 Å². The number of fused-ring (bicyclic) bond motifs is 1. The van der Waals surface area contributed by atoms with E-state index < -0.39 is 0 Å². The molecule has 1 aliphatic carbocycles. The van der Waals surface area contributed by atoms with Crippen molar-refractivity contribution in [2.45, 2.75) is 3.92 Å². The van der Waals surface area contributed by atoms with Crippen LogP contribution in [-0.2, 0) is 0 Å². The van der Waals surface area contributed by atoms with Crippen molar-refractivity contribution in [3.8, 4) is 0 Å². The summed E-state index contributed by atoms with van der Waals surface area (Å²) < 4.78 is 0.322. The minimum atomic E-state index is 0.322. The fourth-order valence-electron chi connectivity index (χ4n) is 1.09. The second kappa shape index (κ2) is 2.44. The Morgan fingerprint density at radius 2 is 2.27 bits per heavy atom. The minimum absolute atomic E-state index is 0.322. The molecule has 1 heterocycles. The van der Waals surface area contributed by atoms with E-state index in [1.165, 1.54) is 0 Å². The number of azo groups is 1. The van der Waals surface area contributed by atoms with Gasteiger partial charge in [0.15, 0.2) is 5.82 Å². The molecule has 0 spiro atoms. The quantitative estimate of drug-likeness (QED) is 0.524. The van der Waals surface area contributed by atoms with Crippen LogP contribution in [0.5, 0.6) is 0 Å². The Morgan fingerprint density at radius 3 is 3.00 bits per heavy atom. The van der Waals surface area contributed by atoms with Crippen molar-refractivity contribution in [3.63, 3.8) is 0 Å². The van der Waals surface area contributed by atoms with E-state index in [1.54, 1.807) is 0 Å². The average Bonchev–Trinajstić information content (AvgIpc) is 2.34. The summed E-state index contributed by atoms with van der Waals surface area (Å²) in [6, 6.07) is 0. The molecule has 0 saturated heterocycles. The van der Waals surface area contributed by atoms with Gasteiger partial charge in [-0.15, -0.1) is 10.2 Å². The zero-order valence-corrected chi connectivity index (χ0v) is 7.82. The van der Waals surface area contributed by atoms with Crippen molar-refractivity contribution < 1.29 is 0 Å². The predicted octanol–water partition coefficient (Wildman–Crippen LogP) is 1.88.